The van der Waals surface area contributed by atoms with Crippen LogP contribution in [0.4, 0.5) is 5.69 Å². The summed E-state index contributed by atoms with van der Waals surface area (Å²) in [7, 11) is 1.52. The first-order valence-electron chi connectivity index (χ1n) is 5.30. The predicted octanol–water partition coefficient (Wildman–Crippen LogP) is 1.07. The van der Waals surface area contributed by atoms with Gasteiger partial charge in [-0.2, -0.15) is 15.4 Å². The summed E-state index contributed by atoms with van der Waals surface area (Å²) in [4.78, 5) is 23.3. The number of carbonyl (C=O) groups is 2. The number of nitrogens with zero attached hydrogens (tertiary/aromatic N) is 2. The van der Waals surface area contributed by atoms with Gasteiger partial charge in [0.1, 0.15) is 0 Å². The fourth-order valence-electron chi connectivity index (χ4n) is 1.40. The van der Waals surface area contributed by atoms with Crippen LogP contribution in [0.15, 0.2) is 24.4 Å². The van der Waals surface area contributed by atoms with E-state index >= 15 is 0 Å². The van der Waals surface area contributed by atoms with Crippen molar-refractivity contribution < 1.29 is 9.59 Å². The lowest BCUT2D eigenvalue weighted by Gasteiger charge is -2.07. The lowest BCUT2D eigenvalue weighted by Crippen LogP contribution is -2.18. The fraction of sp³-hybridized carbons (Fsp3) is 0.0909. The Balaban J connectivity index is 2.24. The van der Waals surface area contributed by atoms with Gasteiger partial charge in [0.15, 0.2) is 5.69 Å². The number of aromatic nitrogens is 3. The number of hydrogen-bond donors (Lipinski definition) is 3. The maximum absolute atomic E-state index is 11.8. The van der Waals surface area contributed by atoms with Gasteiger partial charge in [-0.05, 0) is 18.2 Å². The molecule has 0 aliphatic carbocycles. The summed E-state index contributed by atoms with van der Waals surface area (Å²) in [6.07, 6.45) is 1.28. The van der Waals surface area contributed by atoms with Gasteiger partial charge >= 0.3 is 0 Å². The molecule has 0 aliphatic rings. The third kappa shape index (κ3) is 2.89. The number of rotatable bonds is 3. The molecule has 1 aromatic heterocycles. The van der Waals surface area contributed by atoms with E-state index < -0.39 is 5.91 Å². The zero-order chi connectivity index (χ0) is 13.8. The van der Waals surface area contributed by atoms with E-state index in [1.54, 1.807) is 6.07 Å². The van der Waals surface area contributed by atoms with Crippen LogP contribution in [0.25, 0.3) is 0 Å². The molecule has 0 bridgehead atoms. The Kier molecular flexibility index (Phi) is 3.76. The number of aromatic amines is 1. The molecule has 0 radical (unpaired) electrons. The number of carbonyl (C=O) groups excluding carboxylic acids is 2. The minimum atomic E-state index is -0.468. The summed E-state index contributed by atoms with van der Waals surface area (Å²) in [5, 5.41) is 14.9. The summed E-state index contributed by atoms with van der Waals surface area (Å²) in [5.41, 5.74) is 0.847. The number of halogens is 1. The second-order valence-corrected chi connectivity index (χ2v) is 3.99. The zero-order valence-electron chi connectivity index (χ0n) is 9.90. The largest absolute Gasteiger partial charge is 0.355 e. The molecule has 2 aromatic rings. The van der Waals surface area contributed by atoms with Crippen molar-refractivity contribution in [3.05, 3.63) is 40.7 Å². The SMILES string of the molecule is CNC(=O)c1ccc(Cl)c(NC(=O)c2cn[nH]n2)c1. The molecule has 2 rings (SSSR count). The van der Waals surface area contributed by atoms with Gasteiger partial charge in [-0.3, -0.25) is 9.59 Å². The van der Waals surface area contributed by atoms with Gasteiger partial charge in [0.2, 0.25) is 0 Å². The highest BCUT2D eigenvalue weighted by Crippen LogP contribution is 2.23. The molecule has 98 valence electrons. The molecule has 2 amide bonds. The maximum atomic E-state index is 11.8. The van der Waals surface area contributed by atoms with Crippen molar-refractivity contribution in [1.82, 2.24) is 20.7 Å². The van der Waals surface area contributed by atoms with Crippen LogP contribution in [0.3, 0.4) is 0 Å². The molecule has 1 aromatic carbocycles. The minimum Gasteiger partial charge on any atom is -0.355 e. The van der Waals surface area contributed by atoms with E-state index in [0.717, 1.165) is 0 Å². The Hall–Kier alpha value is -2.41. The number of nitrogens with one attached hydrogen (secondary N) is 3. The van der Waals surface area contributed by atoms with Crippen LogP contribution in [-0.2, 0) is 0 Å². The Bertz CT molecular complexity index is 612. The molecule has 8 heteroatoms. The molecular weight excluding hydrogens is 270 g/mol. The van der Waals surface area contributed by atoms with E-state index in [1.807, 2.05) is 0 Å². The number of amides is 2. The van der Waals surface area contributed by atoms with Crippen molar-refractivity contribution in [2.75, 3.05) is 12.4 Å². The maximum Gasteiger partial charge on any atom is 0.277 e. The van der Waals surface area contributed by atoms with Crippen LogP contribution in [0, 0.1) is 0 Å². The smallest absolute Gasteiger partial charge is 0.277 e. The summed E-state index contributed by atoms with van der Waals surface area (Å²) in [6.45, 7) is 0. The van der Waals surface area contributed by atoms with Crippen molar-refractivity contribution in [3.8, 4) is 0 Å². The van der Waals surface area contributed by atoms with Gasteiger partial charge in [0, 0.05) is 12.6 Å². The summed E-state index contributed by atoms with van der Waals surface area (Å²) >= 11 is 5.96. The number of H-pyrrole nitrogens is 1. The van der Waals surface area contributed by atoms with Crippen LogP contribution in [0.2, 0.25) is 5.02 Å². The highest BCUT2D eigenvalue weighted by atomic mass is 35.5. The first kappa shape index (κ1) is 13.0. The molecule has 0 spiro atoms. The van der Waals surface area contributed by atoms with Crippen LogP contribution < -0.4 is 10.6 Å². The molecule has 0 aliphatic heterocycles. The monoisotopic (exact) mass is 279 g/mol. The van der Waals surface area contributed by atoms with Crippen LogP contribution >= 0.6 is 11.6 Å². The van der Waals surface area contributed by atoms with Crippen molar-refractivity contribution in [2.45, 2.75) is 0 Å². The summed E-state index contributed by atoms with van der Waals surface area (Å²) in [6, 6.07) is 4.58. The number of benzene rings is 1. The average molecular weight is 280 g/mol. The molecule has 0 saturated heterocycles. The highest BCUT2D eigenvalue weighted by Gasteiger charge is 2.13. The second kappa shape index (κ2) is 5.49. The van der Waals surface area contributed by atoms with Gasteiger partial charge in [0.05, 0.1) is 16.9 Å². The van der Waals surface area contributed by atoms with Crippen LogP contribution in [0.5, 0.6) is 0 Å². The van der Waals surface area contributed by atoms with Gasteiger partial charge < -0.3 is 10.6 Å². The number of hydrogen-bond acceptors (Lipinski definition) is 4. The molecule has 1 heterocycles. The Labute approximate surface area is 113 Å². The molecule has 19 heavy (non-hydrogen) atoms. The first-order valence-corrected chi connectivity index (χ1v) is 5.68. The molecule has 0 atom stereocenters. The predicted molar refractivity (Wildman–Crippen MR) is 69.2 cm³/mol. The van der Waals surface area contributed by atoms with Crippen molar-refractivity contribution >= 4 is 29.1 Å². The minimum absolute atomic E-state index is 0.126. The molecule has 0 fully saturated rings. The van der Waals surface area contributed by atoms with Gasteiger partial charge in [-0.1, -0.05) is 11.6 Å². The average Bonchev–Trinajstić information content (AvgIpc) is 2.94. The Morgan fingerprint density at radius 3 is 2.74 bits per heavy atom. The van der Waals surface area contributed by atoms with E-state index in [9.17, 15) is 9.59 Å². The van der Waals surface area contributed by atoms with E-state index in [2.05, 4.69) is 26.0 Å². The number of anilines is 1. The fourth-order valence-corrected chi connectivity index (χ4v) is 1.57. The van der Waals surface area contributed by atoms with Gasteiger partial charge in [-0.25, -0.2) is 0 Å². The molecule has 7 nitrogen and oxygen atoms in total. The quantitative estimate of drug-likeness (QED) is 0.782. The lowest BCUT2D eigenvalue weighted by molar-refractivity contribution is 0.0961. The molecular formula is C11H10ClN5O2. The third-order valence-corrected chi connectivity index (χ3v) is 2.68. The summed E-state index contributed by atoms with van der Waals surface area (Å²) < 4.78 is 0. The third-order valence-electron chi connectivity index (χ3n) is 2.35. The van der Waals surface area contributed by atoms with E-state index in [-0.39, 0.29) is 11.6 Å². The molecule has 0 saturated carbocycles. The van der Waals surface area contributed by atoms with Gasteiger partial charge in [0.25, 0.3) is 11.8 Å². The van der Waals surface area contributed by atoms with Crippen molar-refractivity contribution in [2.24, 2.45) is 0 Å². The highest BCUT2D eigenvalue weighted by molar-refractivity contribution is 6.34. The Morgan fingerprint density at radius 2 is 2.11 bits per heavy atom. The second-order valence-electron chi connectivity index (χ2n) is 3.58. The standard InChI is InChI=1S/C11H10ClN5O2/c1-13-10(18)6-2-3-7(12)8(4-6)15-11(19)9-5-14-17-16-9/h2-5H,1H3,(H,13,18)(H,15,19)(H,14,16,17). The van der Waals surface area contributed by atoms with E-state index in [0.29, 0.717) is 16.3 Å². The Morgan fingerprint density at radius 1 is 1.32 bits per heavy atom. The van der Waals surface area contributed by atoms with Crippen molar-refractivity contribution in [3.63, 3.8) is 0 Å². The molecule has 0 unspecified atom stereocenters. The first-order chi connectivity index (χ1) is 9.11. The van der Waals surface area contributed by atoms with Crippen LogP contribution in [0.1, 0.15) is 20.8 Å². The van der Waals surface area contributed by atoms with Crippen LogP contribution in [-0.4, -0.2) is 34.3 Å². The van der Waals surface area contributed by atoms with E-state index in [4.69, 9.17) is 11.6 Å². The van der Waals surface area contributed by atoms with Gasteiger partial charge in [-0.15, -0.1) is 0 Å². The summed E-state index contributed by atoms with van der Waals surface area (Å²) in [5.74, 6) is -0.738. The van der Waals surface area contributed by atoms with E-state index in [1.165, 1.54) is 25.4 Å². The zero-order valence-corrected chi connectivity index (χ0v) is 10.7. The molecule has 3 N–H and O–H groups in total. The lowest BCUT2D eigenvalue weighted by atomic mass is 10.2. The normalized spacial score (nSPS) is 10.0. The topological polar surface area (TPSA) is 99.8 Å². The van der Waals surface area contributed by atoms with Crippen molar-refractivity contribution in [1.29, 1.82) is 0 Å².